The summed E-state index contributed by atoms with van der Waals surface area (Å²) in [5.74, 6) is -0.158. The summed E-state index contributed by atoms with van der Waals surface area (Å²) in [5.41, 5.74) is 1.17. The number of nitrogens with one attached hydrogen (secondary N) is 2. The Labute approximate surface area is 119 Å². The fourth-order valence-electron chi connectivity index (χ4n) is 2.27. The minimum absolute atomic E-state index is 0.0629. The van der Waals surface area contributed by atoms with Gasteiger partial charge in [-0.3, -0.25) is 9.59 Å². The smallest absolute Gasteiger partial charge is 0.253 e. The molecule has 108 valence electrons. The van der Waals surface area contributed by atoms with Crippen LogP contribution in [0.5, 0.6) is 0 Å². The van der Waals surface area contributed by atoms with E-state index >= 15 is 0 Å². The van der Waals surface area contributed by atoms with Gasteiger partial charge in [-0.2, -0.15) is 0 Å². The van der Waals surface area contributed by atoms with Crippen molar-refractivity contribution < 1.29 is 9.59 Å². The lowest BCUT2D eigenvalue weighted by atomic mass is 10.1. The zero-order valence-electron chi connectivity index (χ0n) is 12.0. The van der Waals surface area contributed by atoms with Gasteiger partial charge in [-0.1, -0.05) is 0 Å². The summed E-state index contributed by atoms with van der Waals surface area (Å²) in [6.45, 7) is 1.68. The van der Waals surface area contributed by atoms with E-state index < -0.39 is 0 Å². The van der Waals surface area contributed by atoms with Crippen LogP contribution >= 0.6 is 0 Å². The summed E-state index contributed by atoms with van der Waals surface area (Å²) in [4.78, 5) is 25.2. The minimum Gasteiger partial charge on any atom is -0.350 e. The molecule has 5 nitrogen and oxygen atoms in total. The molecule has 0 bridgehead atoms. The van der Waals surface area contributed by atoms with Crippen molar-refractivity contribution >= 4 is 11.8 Å². The van der Waals surface area contributed by atoms with Crippen LogP contribution in [0, 0.1) is 0 Å². The Hall–Kier alpha value is -1.88. The van der Waals surface area contributed by atoms with Crippen LogP contribution in [-0.2, 0) is 0 Å². The first-order chi connectivity index (χ1) is 9.58. The van der Waals surface area contributed by atoms with Gasteiger partial charge in [0.05, 0.1) is 0 Å². The van der Waals surface area contributed by atoms with E-state index in [-0.39, 0.29) is 11.8 Å². The normalized spacial score (nSPS) is 17.8. The zero-order chi connectivity index (χ0) is 14.5. The first-order valence-electron chi connectivity index (χ1n) is 6.91. The quantitative estimate of drug-likeness (QED) is 0.857. The van der Waals surface area contributed by atoms with Gasteiger partial charge in [0.15, 0.2) is 0 Å². The maximum Gasteiger partial charge on any atom is 0.253 e. The number of nitrogens with zero attached hydrogens (tertiary/aromatic N) is 1. The molecule has 1 unspecified atom stereocenters. The maximum absolute atomic E-state index is 12.0. The molecule has 1 aliphatic heterocycles. The first-order valence-corrected chi connectivity index (χ1v) is 6.91. The molecule has 1 aromatic carbocycles. The number of carbonyl (C=O) groups excluding carboxylic acids is 2. The number of amides is 2. The van der Waals surface area contributed by atoms with E-state index in [1.54, 1.807) is 38.4 Å². The third-order valence-corrected chi connectivity index (χ3v) is 3.47. The highest BCUT2D eigenvalue weighted by atomic mass is 16.2. The molecular weight excluding hydrogens is 254 g/mol. The van der Waals surface area contributed by atoms with Crippen LogP contribution < -0.4 is 10.6 Å². The van der Waals surface area contributed by atoms with Crippen LogP contribution in [-0.4, -0.2) is 49.9 Å². The number of rotatable bonds is 4. The second-order valence-corrected chi connectivity index (χ2v) is 5.28. The van der Waals surface area contributed by atoms with Crippen molar-refractivity contribution in [3.63, 3.8) is 0 Å². The molecule has 0 aromatic heterocycles. The van der Waals surface area contributed by atoms with E-state index in [1.165, 1.54) is 11.3 Å². The first kappa shape index (κ1) is 14.5. The maximum atomic E-state index is 12.0. The van der Waals surface area contributed by atoms with E-state index in [0.717, 1.165) is 13.0 Å². The lowest BCUT2D eigenvalue weighted by Gasteiger charge is -2.12. The zero-order valence-corrected chi connectivity index (χ0v) is 12.0. The van der Waals surface area contributed by atoms with Gasteiger partial charge in [-0.15, -0.1) is 0 Å². The molecule has 20 heavy (non-hydrogen) atoms. The van der Waals surface area contributed by atoms with Crippen LogP contribution in [0.3, 0.4) is 0 Å². The van der Waals surface area contributed by atoms with Gasteiger partial charge in [0, 0.05) is 37.8 Å². The van der Waals surface area contributed by atoms with Crippen molar-refractivity contribution in [2.24, 2.45) is 0 Å². The fraction of sp³-hybridized carbons (Fsp3) is 0.467. The van der Waals surface area contributed by atoms with Gasteiger partial charge in [0.2, 0.25) is 0 Å². The molecule has 0 spiro atoms. The molecule has 2 amide bonds. The molecule has 2 N–H and O–H groups in total. The second-order valence-electron chi connectivity index (χ2n) is 5.28. The highest BCUT2D eigenvalue weighted by Gasteiger charge is 2.15. The Kier molecular flexibility index (Phi) is 4.74. The highest BCUT2D eigenvalue weighted by Crippen LogP contribution is 2.07. The predicted octanol–water partition coefficient (Wildman–Crippen LogP) is 0.870. The second kappa shape index (κ2) is 6.52. The van der Waals surface area contributed by atoms with E-state index in [0.29, 0.717) is 23.7 Å². The van der Waals surface area contributed by atoms with Crippen molar-refractivity contribution in [3.8, 4) is 0 Å². The summed E-state index contributed by atoms with van der Waals surface area (Å²) in [7, 11) is 3.41. The highest BCUT2D eigenvalue weighted by molar-refractivity contribution is 5.97. The third-order valence-electron chi connectivity index (χ3n) is 3.47. The summed E-state index contributed by atoms with van der Waals surface area (Å²) >= 11 is 0. The molecule has 5 heteroatoms. The summed E-state index contributed by atoms with van der Waals surface area (Å²) < 4.78 is 0. The van der Waals surface area contributed by atoms with Crippen LogP contribution in [0.15, 0.2) is 24.3 Å². The number of hydrogen-bond donors (Lipinski definition) is 2. The van der Waals surface area contributed by atoms with Crippen molar-refractivity contribution in [3.05, 3.63) is 35.4 Å². The molecule has 1 aliphatic rings. The molecule has 0 radical (unpaired) electrons. The number of hydrogen-bond acceptors (Lipinski definition) is 3. The Morgan fingerprint density at radius 1 is 1.25 bits per heavy atom. The molecule has 2 rings (SSSR count). The SMILES string of the molecule is CN(C)C(=O)c1ccc(C(=O)NCC2CCCN2)cc1. The van der Waals surface area contributed by atoms with Gasteiger partial charge in [-0.25, -0.2) is 0 Å². The van der Waals surface area contributed by atoms with Crippen LogP contribution in [0.4, 0.5) is 0 Å². The van der Waals surface area contributed by atoms with E-state index in [4.69, 9.17) is 0 Å². The third kappa shape index (κ3) is 3.57. The van der Waals surface area contributed by atoms with Gasteiger partial charge < -0.3 is 15.5 Å². The van der Waals surface area contributed by atoms with Gasteiger partial charge in [0.1, 0.15) is 0 Å². The topological polar surface area (TPSA) is 61.4 Å². The van der Waals surface area contributed by atoms with Crippen molar-refractivity contribution in [2.45, 2.75) is 18.9 Å². The summed E-state index contributed by atoms with van der Waals surface area (Å²) in [6, 6.07) is 7.13. The predicted molar refractivity (Wildman–Crippen MR) is 77.8 cm³/mol. The number of carbonyl (C=O) groups is 2. The fourth-order valence-corrected chi connectivity index (χ4v) is 2.27. The molecule has 0 saturated carbocycles. The summed E-state index contributed by atoms with van der Waals surface area (Å²) in [5, 5.41) is 6.25. The van der Waals surface area contributed by atoms with Gasteiger partial charge in [0.25, 0.3) is 11.8 Å². The molecule has 0 aliphatic carbocycles. The molecular formula is C15H21N3O2. The molecule has 1 atom stereocenters. The molecule has 1 heterocycles. The van der Waals surface area contributed by atoms with Crippen molar-refractivity contribution in [1.82, 2.24) is 15.5 Å². The van der Waals surface area contributed by atoms with Crippen LogP contribution in [0.2, 0.25) is 0 Å². The van der Waals surface area contributed by atoms with E-state index in [9.17, 15) is 9.59 Å². The van der Waals surface area contributed by atoms with Crippen molar-refractivity contribution in [1.29, 1.82) is 0 Å². The molecule has 1 aromatic rings. The standard InChI is InChI=1S/C15H21N3O2/c1-18(2)15(20)12-7-5-11(6-8-12)14(19)17-10-13-4-3-9-16-13/h5-8,13,16H,3-4,9-10H2,1-2H3,(H,17,19). The van der Waals surface area contributed by atoms with Crippen molar-refractivity contribution in [2.75, 3.05) is 27.2 Å². The average Bonchev–Trinajstić information content (AvgIpc) is 2.97. The minimum atomic E-state index is -0.0949. The monoisotopic (exact) mass is 275 g/mol. The van der Waals surface area contributed by atoms with Crippen LogP contribution in [0.1, 0.15) is 33.6 Å². The van der Waals surface area contributed by atoms with Gasteiger partial charge in [-0.05, 0) is 43.7 Å². The largest absolute Gasteiger partial charge is 0.350 e. The Bertz CT molecular complexity index is 476. The Balaban J connectivity index is 1.91. The number of benzene rings is 1. The lowest BCUT2D eigenvalue weighted by molar-refractivity contribution is 0.0826. The Morgan fingerprint density at radius 2 is 1.90 bits per heavy atom. The van der Waals surface area contributed by atoms with Crippen LogP contribution in [0.25, 0.3) is 0 Å². The van der Waals surface area contributed by atoms with E-state index in [2.05, 4.69) is 10.6 Å². The average molecular weight is 275 g/mol. The lowest BCUT2D eigenvalue weighted by Crippen LogP contribution is -2.37. The molecule has 1 fully saturated rings. The van der Waals surface area contributed by atoms with E-state index in [1.807, 2.05) is 0 Å². The van der Waals surface area contributed by atoms with Gasteiger partial charge >= 0.3 is 0 Å². The Morgan fingerprint density at radius 3 is 2.45 bits per heavy atom. The summed E-state index contributed by atoms with van der Waals surface area (Å²) in [6.07, 6.45) is 2.28. The molecule has 1 saturated heterocycles.